The van der Waals surface area contributed by atoms with Crippen LogP contribution in [0.1, 0.15) is 24.1 Å². The average Bonchev–Trinajstić information content (AvgIpc) is 3.13. The van der Waals surface area contributed by atoms with Crippen LogP contribution >= 0.6 is 11.6 Å². The molecule has 26 heavy (non-hydrogen) atoms. The van der Waals surface area contributed by atoms with Crippen molar-refractivity contribution in [3.05, 3.63) is 28.7 Å². The number of fused-ring (bicyclic) bond motifs is 5. The minimum atomic E-state index is -0.0265. The van der Waals surface area contributed by atoms with E-state index in [0.29, 0.717) is 36.5 Å². The number of nitrogens with zero attached hydrogens (tertiary/aromatic N) is 6. The highest BCUT2D eigenvalue weighted by Crippen LogP contribution is 2.27. The lowest BCUT2D eigenvalue weighted by Gasteiger charge is -2.31. The van der Waals surface area contributed by atoms with Gasteiger partial charge in [0.1, 0.15) is 0 Å². The first-order valence-electron chi connectivity index (χ1n) is 9.13. The van der Waals surface area contributed by atoms with Gasteiger partial charge in [-0.05, 0) is 12.8 Å². The fourth-order valence-corrected chi connectivity index (χ4v) is 4.37. The van der Waals surface area contributed by atoms with Crippen LogP contribution < -0.4 is 0 Å². The molecule has 0 spiro atoms. The zero-order chi connectivity index (χ0) is 17.7. The van der Waals surface area contributed by atoms with Gasteiger partial charge >= 0.3 is 6.03 Å². The molecule has 2 aromatic rings. The van der Waals surface area contributed by atoms with E-state index in [9.17, 15) is 4.79 Å². The summed E-state index contributed by atoms with van der Waals surface area (Å²) in [6.45, 7) is 4.90. The minimum absolute atomic E-state index is 0.0265. The second-order valence-corrected chi connectivity index (χ2v) is 7.55. The van der Waals surface area contributed by atoms with E-state index in [4.69, 9.17) is 16.3 Å². The maximum Gasteiger partial charge on any atom is 0.345 e. The lowest BCUT2D eigenvalue weighted by molar-refractivity contribution is 0.108. The number of aromatic nitrogens is 4. The molecular formula is C17H21ClN6O2. The molecule has 0 saturated carbocycles. The minimum Gasteiger partial charge on any atom is -0.376 e. The topological polar surface area (TPSA) is 68.4 Å². The van der Waals surface area contributed by atoms with Crippen molar-refractivity contribution in [3.63, 3.8) is 0 Å². The summed E-state index contributed by atoms with van der Waals surface area (Å²) in [6, 6.07) is 0.282. The molecule has 4 aliphatic rings. The molecule has 2 bridgehead atoms. The lowest BCUT2D eigenvalue weighted by Crippen LogP contribution is -2.44. The largest absolute Gasteiger partial charge is 0.376 e. The fourth-order valence-electron chi connectivity index (χ4n) is 4.24. The van der Waals surface area contributed by atoms with Gasteiger partial charge in [-0.2, -0.15) is 9.78 Å². The SMILES string of the molecule is O=C(N1CCN2CCC1CC2)n1nc(-n2cc(Cl)cn2)c2c1CCOC2. The summed E-state index contributed by atoms with van der Waals surface area (Å²) in [7, 11) is 0. The Bertz CT molecular complexity index is 838. The highest BCUT2D eigenvalue weighted by Gasteiger charge is 2.35. The van der Waals surface area contributed by atoms with Crippen LogP contribution in [-0.4, -0.2) is 74.2 Å². The van der Waals surface area contributed by atoms with Gasteiger partial charge in [0, 0.05) is 44.2 Å². The Kier molecular flexibility index (Phi) is 3.99. The predicted molar refractivity (Wildman–Crippen MR) is 94.7 cm³/mol. The second-order valence-electron chi connectivity index (χ2n) is 7.12. The van der Waals surface area contributed by atoms with E-state index in [-0.39, 0.29) is 6.03 Å². The number of carbonyl (C=O) groups is 1. The molecule has 0 N–H and O–H groups in total. The molecule has 4 aliphatic heterocycles. The van der Waals surface area contributed by atoms with Crippen molar-refractivity contribution < 1.29 is 9.53 Å². The Balaban J connectivity index is 1.54. The molecule has 3 saturated heterocycles. The van der Waals surface area contributed by atoms with Gasteiger partial charge in [0.2, 0.25) is 0 Å². The first-order chi connectivity index (χ1) is 12.7. The third-order valence-corrected chi connectivity index (χ3v) is 5.84. The smallest absolute Gasteiger partial charge is 0.345 e. The second kappa shape index (κ2) is 6.37. The van der Waals surface area contributed by atoms with E-state index in [2.05, 4.69) is 15.1 Å². The third kappa shape index (κ3) is 2.64. The summed E-state index contributed by atoms with van der Waals surface area (Å²) in [5.41, 5.74) is 1.86. The monoisotopic (exact) mass is 376 g/mol. The van der Waals surface area contributed by atoms with Gasteiger partial charge in [-0.3, -0.25) is 0 Å². The van der Waals surface area contributed by atoms with Crippen molar-refractivity contribution in [2.75, 3.05) is 32.8 Å². The molecule has 2 aromatic heterocycles. The van der Waals surface area contributed by atoms with E-state index in [1.54, 1.807) is 21.8 Å². The number of rotatable bonds is 1. The number of hydrogen-bond donors (Lipinski definition) is 0. The standard InChI is InChI=1S/C17H21ClN6O2/c18-12-9-19-23(10-12)16-14-11-26-8-3-15(14)24(20-16)17(25)22-7-6-21-4-1-13(22)2-5-21/h9-10,13H,1-8,11H2. The summed E-state index contributed by atoms with van der Waals surface area (Å²) in [5.74, 6) is 0.628. The molecule has 0 radical (unpaired) electrons. The van der Waals surface area contributed by atoms with Crippen LogP contribution in [0.5, 0.6) is 0 Å². The number of hydrogen-bond acceptors (Lipinski definition) is 5. The molecular weight excluding hydrogens is 356 g/mol. The summed E-state index contributed by atoms with van der Waals surface area (Å²) in [4.78, 5) is 17.8. The Morgan fingerprint density at radius 3 is 2.85 bits per heavy atom. The molecule has 8 nitrogen and oxygen atoms in total. The van der Waals surface area contributed by atoms with E-state index >= 15 is 0 Å². The summed E-state index contributed by atoms with van der Waals surface area (Å²) in [6.07, 6.45) is 6.03. The molecule has 1 amide bonds. The summed E-state index contributed by atoms with van der Waals surface area (Å²) < 4.78 is 8.82. The molecule has 6 rings (SSSR count). The Morgan fingerprint density at radius 2 is 2.08 bits per heavy atom. The van der Waals surface area contributed by atoms with Gasteiger partial charge in [0.05, 0.1) is 36.3 Å². The van der Waals surface area contributed by atoms with Crippen molar-refractivity contribution in [2.24, 2.45) is 0 Å². The number of piperidine rings is 1. The van der Waals surface area contributed by atoms with Crippen LogP contribution in [-0.2, 0) is 17.8 Å². The molecule has 0 atom stereocenters. The normalized spacial score (nSPS) is 25.2. The van der Waals surface area contributed by atoms with Crippen LogP contribution in [0.25, 0.3) is 5.82 Å². The molecule has 0 aromatic carbocycles. The summed E-state index contributed by atoms with van der Waals surface area (Å²) in [5, 5.41) is 9.43. The fraction of sp³-hybridized carbons (Fsp3) is 0.588. The van der Waals surface area contributed by atoms with Gasteiger partial charge in [0.15, 0.2) is 5.82 Å². The van der Waals surface area contributed by atoms with Crippen LogP contribution in [0, 0.1) is 0 Å². The molecule has 3 fully saturated rings. The molecule has 0 aliphatic carbocycles. The lowest BCUT2D eigenvalue weighted by atomic mass is 10.1. The van der Waals surface area contributed by atoms with Crippen LogP contribution in [0.2, 0.25) is 5.02 Å². The number of carbonyl (C=O) groups excluding carboxylic acids is 1. The van der Waals surface area contributed by atoms with E-state index < -0.39 is 0 Å². The predicted octanol–water partition coefficient (Wildman–Crippen LogP) is 1.54. The Hall–Kier alpha value is -1.90. The van der Waals surface area contributed by atoms with Crippen LogP contribution in [0.4, 0.5) is 4.79 Å². The van der Waals surface area contributed by atoms with Crippen LogP contribution in [0.3, 0.4) is 0 Å². The van der Waals surface area contributed by atoms with Crippen molar-refractivity contribution in [3.8, 4) is 5.82 Å². The van der Waals surface area contributed by atoms with Crippen molar-refractivity contribution in [1.29, 1.82) is 0 Å². The Labute approximate surface area is 156 Å². The maximum absolute atomic E-state index is 13.4. The first-order valence-corrected chi connectivity index (χ1v) is 9.51. The zero-order valence-corrected chi connectivity index (χ0v) is 15.2. The quantitative estimate of drug-likeness (QED) is 0.755. The van der Waals surface area contributed by atoms with Crippen molar-refractivity contribution >= 4 is 17.6 Å². The Morgan fingerprint density at radius 1 is 1.23 bits per heavy atom. The van der Waals surface area contributed by atoms with Crippen LogP contribution in [0.15, 0.2) is 12.4 Å². The molecule has 138 valence electrons. The van der Waals surface area contributed by atoms with Gasteiger partial charge < -0.3 is 14.5 Å². The molecule has 9 heteroatoms. The number of halogens is 1. The average molecular weight is 377 g/mol. The van der Waals surface area contributed by atoms with E-state index in [0.717, 1.165) is 50.3 Å². The van der Waals surface area contributed by atoms with Gasteiger partial charge in [-0.1, -0.05) is 11.6 Å². The number of ether oxygens (including phenoxy) is 1. The molecule has 0 unspecified atom stereocenters. The highest BCUT2D eigenvalue weighted by molar-refractivity contribution is 6.30. The maximum atomic E-state index is 13.4. The van der Waals surface area contributed by atoms with Gasteiger partial charge in [0.25, 0.3) is 0 Å². The van der Waals surface area contributed by atoms with Crippen molar-refractivity contribution in [1.82, 2.24) is 29.4 Å². The first kappa shape index (κ1) is 16.3. The van der Waals surface area contributed by atoms with Gasteiger partial charge in [-0.25, -0.2) is 9.48 Å². The summed E-state index contributed by atoms with van der Waals surface area (Å²) >= 11 is 6.02. The van der Waals surface area contributed by atoms with Crippen molar-refractivity contribution in [2.45, 2.75) is 31.9 Å². The third-order valence-electron chi connectivity index (χ3n) is 5.65. The highest BCUT2D eigenvalue weighted by atomic mass is 35.5. The molecule has 6 heterocycles. The van der Waals surface area contributed by atoms with E-state index in [1.165, 1.54) is 0 Å². The zero-order valence-electron chi connectivity index (χ0n) is 14.5. The van der Waals surface area contributed by atoms with Gasteiger partial charge in [-0.15, -0.1) is 5.10 Å². The number of amides is 1. The van der Waals surface area contributed by atoms with E-state index in [1.807, 2.05) is 4.90 Å².